The molecule has 11 heteroatoms. The summed E-state index contributed by atoms with van der Waals surface area (Å²) in [5.41, 5.74) is -0.244. The van der Waals surface area contributed by atoms with Gasteiger partial charge in [-0.15, -0.1) is 0 Å². The van der Waals surface area contributed by atoms with E-state index in [1.165, 1.54) is 17.5 Å². The highest BCUT2D eigenvalue weighted by molar-refractivity contribution is 7.89. The van der Waals surface area contributed by atoms with E-state index in [9.17, 15) is 21.6 Å². The number of sulfonamides is 1. The fourth-order valence-corrected chi connectivity index (χ4v) is 5.55. The maximum Gasteiger partial charge on any atom is 0.435 e. The van der Waals surface area contributed by atoms with Gasteiger partial charge in [-0.3, -0.25) is 9.36 Å². The average Bonchev–Trinajstić information content (AvgIpc) is 3.08. The molecule has 0 saturated carbocycles. The van der Waals surface area contributed by atoms with Gasteiger partial charge >= 0.3 is 6.18 Å². The second-order valence-electron chi connectivity index (χ2n) is 6.97. The molecule has 156 valence electrons. The average molecular weight is 419 g/mol. The Balaban J connectivity index is 2.07. The summed E-state index contributed by atoms with van der Waals surface area (Å²) in [6, 6.07) is 0.256. The fourth-order valence-electron chi connectivity index (χ4n) is 3.72. The lowest BCUT2D eigenvalue weighted by molar-refractivity contribution is -0.141. The van der Waals surface area contributed by atoms with E-state index in [0.29, 0.717) is 25.1 Å². The summed E-state index contributed by atoms with van der Waals surface area (Å²) in [7, 11) is -2.50. The monoisotopic (exact) mass is 419 g/mol. The molecule has 0 amide bonds. The first-order valence-electron chi connectivity index (χ1n) is 9.22. The van der Waals surface area contributed by atoms with Crippen molar-refractivity contribution in [1.82, 2.24) is 23.9 Å². The molecule has 2 aromatic rings. The normalized spacial score (nSPS) is 19.7. The molecule has 0 spiro atoms. The van der Waals surface area contributed by atoms with E-state index in [0.717, 1.165) is 23.6 Å². The van der Waals surface area contributed by atoms with E-state index >= 15 is 0 Å². The highest BCUT2D eigenvalue weighted by Gasteiger charge is 2.40. The fraction of sp³-hybridized carbons (Fsp3) is 0.647. The van der Waals surface area contributed by atoms with E-state index in [1.807, 2.05) is 6.92 Å². The van der Waals surface area contributed by atoms with Crippen LogP contribution in [-0.2, 0) is 29.8 Å². The van der Waals surface area contributed by atoms with Crippen LogP contribution in [-0.4, -0.2) is 38.8 Å². The summed E-state index contributed by atoms with van der Waals surface area (Å²) in [6.45, 7) is 4.32. The van der Waals surface area contributed by atoms with Crippen LogP contribution in [0, 0.1) is 6.92 Å². The first-order chi connectivity index (χ1) is 13.1. The van der Waals surface area contributed by atoms with Crippen LogP contribution < -0.4 is 0 Å². The van der Waals surface area contributed by atoms with Crippen LogP contribution in [0.5, 0.6) is 0 Å². The maximum atomic E-state index is 13.4. The Morgan fingerprint density at radius 1 is 1.25 bits per heavy atom. The SMILES string of the molecule is CCn1ncc(S(=O)(=O)N2CCCCC[C@@H]2c2cc(C(F)(F)F)nn2C)c1C. The van der Waals surface area contributed by atoms with Gasteiger partial charge in [-0.05, 0) is 32.8 Å². The lowest BCUT2D eigenvalue weighted by atomic mass is 10.1. The van der Waals surface area contributed by atoms with Gasteiger partial charge in [0, 0.05) is 20.1 Å². The standard InChI is InChI=1S/C17H24F3N5O2S/c1-4-24-12(2)15(11-21-24)28(26,27)25-9-7-5-6-8-13(25)14-10-16(17(18,19)20)22-23(14)3/h10-11,13H,4-9H2,1-3H3/t13-/m1/s1. The molecule has 0 aliphatic carbocycles. The van der Waals surface area contributed by atoms with Gasteiger partial charge < -0.3 is 0 Å². The minimum Gasteiger partial charge on any atom is -0.270 e. The smallest absolute Gasteiger partial charge is 0.270 e. The molecular weight excluding hydrogens is 395 g/mol. The molecule has 3 rings (SSSR count). The zero-order valence-corrected chi connectivity index (χ0v) is 16.9. The maximum absolute atomic E-state index is 13.4. The number of aryl methyl sites for hydroxylation is 2. The summed E-state index contributed by atoms with van der Waals surface area (Å²) in [5, 5.41) is 7.68. The highest BCUT2D eigenvalue weighted by atomic mass is 32.2. The molecule has 1 fully saturated rings. The van der Waals surface area contributed by atoms with Crippen molar-refractivity contribution < 1.29 is 21.6 Å². The summed E-state index contributed by atoms with van der Waals surface area (Å²) >= 11 is 0. The Morgan fingerprint density at radius 2 is 1.96 bits per heavy atom. The quantitative estimate of drug-likeness (QED) is 0.763. The number of hydrogen-bond donors (Lipinski definition) is 0. The van der Waals surface area contributed by atoms with Gasteiger partial charge in [-0.25, -0.2) is 8.42 Å². The zero-order valence-electron chi connectivity index (χ0n) is 16.1. The molecule has 0 bridgehead atoms. The number of halogens is 3. The van der Waals surface area contributed by atoms with Gasteiger partial charge in [0.05, 0.1) is 23.6 Å². The number of aromatic nitrogens is 4. The van der Waals surface area contributed by atoms with Crippen LogP contribution in [0.2, 0.25) is 0 Å². The van der Waals surface area contributed by atoms with Crippen molar-refractivity contribution >= 4 is 10.0 Å². The molecule has 0 unspecified atom stereocenters. The molecule has 7 nitrogen and oxygen atoms in total. The molecular formula is C17H24F3N5O2S. The number of rotatable bonds is 4. The molecule has 0 aromatic carbocycles. The van der Waals surface area contributed by atoms with Gasteiger partial charge in [0.25, 0.3) is 0 Å². The molecule has 3 heterocycles. The number of nitrogens with zero attached hydrogens (tertiary/aromatic N) is 5. The first kappa shape index (κ1) is 20.8. The highest BCUT2D eigenvalue weighted by Crippen LogP contribution is 2.37. The van der Waals surface area contributed by atoms with Gasteiger partial charge in [0.15, 0.2) is 5.69 Å². The largest absolute Gasteiger partial charge is 0.435 e. The third kappa shape index (κ3) is 3.69. The lowest BCUT2D eigenvalue weighted by Gasteiger charge is -2.29. The van der Waals surface area contributed by atoms with Crippen molar-refractivity contribution in [1.29, 1.82) is 0 Å². The van der Waals surface area contributed by atoms with Crippen LogP contribution in [0.4, 0.5) is 13.2 Å². The Kier molecular flexibility index (Phi) is 5.59. The second-order valence-corrected chi connectivity index (χ2v) is 8.83. The molecule has 2 aromatic heterocycles. The second kappa shape index (κ2) is 7.51. The molecule has 1 aliphatic rings. The van der Waals surface area contributed by atoms with E-state index in [4.69, 9.17) is 0 Å². The Hall–Kier alpha value is -1.88. The number of hydrogen-bond acceptors (Lipinski definition) is 4. The predicted molar refractivity (Wildman–Crippen MR) is 95.9 cm³/mol. The van der Waals surface area contributed by atoms with Crippen molar-refractivity contribution in [3.8, 4) is 0 Å². The minimum absolute atomic E-state index is 0.0967. The Bertz CT molecular complexity index is 949. The third-order valence-electron chi connectivity index (χ3n) is 5.20. The van der Waals surface area contributed by atoms with Crippen molar-refractivity contribution in [3.05, 3.63) is 29.3 Å². The van der Waals surface area contributed by atoms with Gasteiger partial charge in [-0.1, -0.05) is 12.8 Å². The van der Waals surface area contributed by atoms with Crippen molar-refractivity contribution in [2.45, 2.75) is 63.2 Å². The van der Waals surface area contributed by atoms with Crippen LogP contribution in [0.25, 0.3) is 0 Å². The molecule has 0 N–H and O–H groups in total. The van der Waals surface area contributed by atoms with Crippen LogP contribution in [0.3, 0.4) is 0 Å². The van der Waals surface area contributed by atoms with Crippen molar-refractivity contribution in [3.63, 3.8) is 0 Å². The molecule has 1 atom stereocenters. The molecule has 28 heavy (non-hydrogen) atoms. The summed E-state index contributed by atoms with van der Waals surface area (Å²) in [4.78, 5) is 0.0967. The van der Waals surface area contributed by atoms with Crippen molar-refractivity contribution in [2.24, 2.45) is 7.05 Å². The van der Waals surface area contributed by atoms with Gasteiger partial charge in [0.1, 0.15) is 4.90 Å². The summed E-state index contributed by atoms with van der Waals surface area (Å²) in [6.07, 6.45) is -0.613. The lowest BCUT2D eigenvalue weighted by Crippen LogP contribution is -2.36. The Labute approximate surface area is 162 Å². The topological polar surface area (TPSA) is 73.0 Å². The molecule has 0 radical (unpaired) electrons. The van der Waals surface area contributed by atoms with Crippen LogP contribution >= 0.6 is 0 Å². The van der Waals surface area contributed by atoms with E-state index < -0.39 is 27.9 Å². The zero-order chi connectivity index (χ0) is 20.7. The van der Waals surface area contributed by atoms with Crippen molar-refractivity contribution in [2.75, 3.05) is 6.54 Å². The predicted octanol–water partition coefficient (Wildman–Crippen LogP) is 3.27. The molecule has 1 saturated heterocycles. The van der Waals surface area contributed by atoms with Gasteiger partial charge in [-0.2, -0.15) is 27.7 Å². The third-order valence-corrected chi connectivity index (χ3v) is 7.21. The van der Waals surface area contributed by atoms with E-state index in [2.05, 4.69) is 10.2 Å². The van der Waals surface area contributed by atoms with Crippen LogP contribution in [0.1, 0.15) is 55.7 Å². The first-order valence-corrected chi connectivity index (χ1v) is 10.7. The van der Waals surface area contributed by atoms with E-state index in [1.54, 1.807) is 11.6 Å². The summed E-state index contributed by atoms with van der Waals surface area (Å²) in [5.74, 6) is 0. The Morgan fingerprint density at radius 3 is 2.54 bits per heavy atom. The number of alkyl halides is 3. The van der Waals surface area contributed by atoms with E-state index in [-0.39, 0.29) is 17.1 Å². The molecule has 1 aliphatic heterocycles. The summed E-state index contributed by atoms with van der Waals surface area (Å²) < 4.78 is 70.2. The van der Waals surface area contributed by atoms with Crippen LogP contribution in [0.15, 0.2) is 17.2 Å². The minimum atomic E-state index is -4.58. The van der Waals surface area contributed by atoms with Gasteiger partial charge in [0.2, 0.25) is 10.0 Å².